The quantitative estimate of drug-likeness (QED) is 0.924. The zero-order valence-electron chi connectivity index (χ0n) is 12.5. The topological polar surface area (TPSA) is 38.0 Å². The molecule has 108 valence electrons. The van der Waals surface area contributed by atoms with Gasteiger partial charge in [0.1, 0.15) is 5.82 Å². The lowest BCUT2D eigenvalue weighted by molar-refractivity contribution is 0.0419. The number of fused-ring (bicyclic) bond motifs is 1. The van der Waals surface area contributed by atoms with Crippen LogP contribution >= 0.6 is 0 Å². The molecule has 1 aliphatic rings. The van der Waals surface area contributed by atoms with E-state index >= 15 is 0 Å². The van der Waals surface area contributed by atoms with E-state index in [0.717, 1.165) is 43.6 Å². The van der Waals surface area contributed by atoms with Crippen LogP contribution in [0.4, 0.5) is 0 Å². The van der Waals surface area contributed by atoms with E-state index in [4.69, 9.17) is 4.98 Å². The van der Waals surface area contributed by atoms with Crippen molar-refractivity contribution in [2.24, 2.45) is 5.92 Å². The molecule has 2 atom stereocenters. The predicted octanol–water partition coefficient (Wildman–Crippen LogP) is 3.54. The Morgan fingerprint density at radius 2 is 2.20 bits per heavy atom. The highest BCUT2D eigenvalue weighted by atomic mass is 16.3. The average Bonchev–Trinajstić information content (AvgIpc) is 2.92. The molecule has 20 heavy (non-hydrogen) atoms. The van der Waals surface area contributed by atoms with Gasteiger partial charge in [-0.05, 0) is 43.7 Å². The maximum atomic E-state index is 10.8. The summed E-state index contributed by atoms with van der Waals surface area (Å²) in [5, 5.41) is 10.8. The minimum atomic E-state index is -0.549. The summed E-state index contributed by atoms with van der Waals surface area (Å²) in [5.74, 6) is 1.67. The lowest BCUT2D eigenvalue weighted by atomic mass is 9.96. The van der Waals surface area contributed by atoms with Gasteiger partial charge in [0.05, 0.1) is 16.6 Å². The van der Waals surface area contributed by atoms with E-state index in [1.165, 1.54) is 5.52 Å². The second-order valence-electron chi connectivity index (χ2n) is 6.42. The molecule has 2 unspecified atom stereocenters. The molecule has 1 aliphatic carbocycles. The molecule has 1 saturated carbocycles. The van der Waals surface area contributed by atoms with E-state index in [-0.39, 0.29) is 0 Å². The van der Waals surface area contributed by atoms with Gasteiger partial charge < -0.3 is 9.67 Å². The highest BCUT2D eigenvalue weighted by Crippen LogP contribution is 2.36. The highest BCUT2D eigenvalue weighted by molar-refractivity contribution is 5.75. The number of imidazole rings is 1. The first kappa shape index (κ1) is 13.6. The molecule has 0 bridgehead atoms. The zero-order chi connectivity index (χ0) is 14.2. The Kier molecular flexibility index (Phi) is 3.55. The Hall–Kier alpha value is -1.35. The normalized spacial score (nSPS) is 26.4. The average molecular weight is 272 g/mol. The SMILES string of the molecule is CCCn1c(CC2(O)CCC(C)C2)nc2ccccc21. The summed E-state index contributed by atoms with van der Waals surface area (Å²) >= 11 is 0. The van der Waals surface area contributed by atoms with Gasteiger partial charge >= 0.3 is 0 Å². The molecule has 3 nitrogen and oxygen atoms in total. The van der Waals surface area contributed by atoms with Crippen molar-refractivity contribution in [3.8, 4) is 0 Å². The van der Waals surface area contributed by atoms with Gasteiger partial charge in [-0.2, -0.15) is 0 Å². The van der Waals surface area contributed by atoms with Crippen LogP contribution < -0.4 is 0 Å². The van der Waals surface area contributed by atoms with E-state index in [0.29, 0.717) is 12.3 Å². The van der Waals surface area contributed by atoms with Gasteiger partial charge in [0.25, 0.3) is 0 Å². The molecule has 0 saturated heterocycles. The van der Waals surface area contributed by atoms with Crippen molar-refractivity contribution in [1.82, 2.24) is 9.55 Å². The van der Waals surface area contributed by atoms with Crippen LogP contribution in [0, 0.1) is 5.92 Å². The van der Waals surface area contributed by atoms with Crippen molar-refractivity contribution in [3.05, 3.63) is 30.1 Å². The molecule has 0 amide bonds. The Morgan fingerprint density at radius 3 is 2.90 bits per heavy atom. The van der Waals surface area contributed by atoms with Crippen LogP contribution in [0.5, 0.6) is 0 Å². The molecule has 0 aliphatic heterocycles. The summed E-state index contributed by atoms with van der Waals surface area (Å²) in [6, 6.07) is 8.28. The van der Waals surface area contributed by atoms with Crippen LogP contribution in [-0.4, -0.2) is 20.3 Å². The third-order valence-corrected chi connectivity index (χ3v) is 4.50. The fraction of sp³-hybridized carbons (Fsp3) is 0.588. The number of para-hydroxylation sites is 2. The molecule has 3 rings (SSSR count). The third-order valence-electron chi connectivity index (χ3n) is 4.50. The van der Waals surface area contributed by atoms with Crippen molar-refractivity contribution in [1.29, 1.82) is 0 Å². The molecule has 1 N–H and O–H groups in total. The number of benzene rings is 1. The van der Waals surface area contributed by atoms with Crippen LogP contribution in [0.25, 0.3) is 11.0 Å². The van der Waals surface area contributed by atoms with Crippen LogP contribution in [0.15, 0.2) is 24.3 Å². The van der Waals surface area contributed by atoms with Gasteiger partial charge in [0, 0.05) is 13.0 Å². The van der Waals surface area contributed by atoms with Crippen LogP contribution in [-0.2, 0) is 13.0 Å². The zero-order valence-corrected chi connectivity index (χ0v) is 12.5. The molecule has 0 spiro atoms. The van der Waals surface area contributed by atoms with Crippen molar-refractivity contribution >= 4 is 11.0 Å². The maximum absolute atomic E-state index is 10.8. The minimum absolute atomic E-state index is 0.549. The predicted molar refractivity (Wildman–Crippen MR) is 81.7 cm³/mol. The fourth-order valence-electron chi connectivity index (χ4n) is 3.56. The van der Waals surface area contributed by atoms with Gasteiger partial charge in [-0.15, -0.1) is 0 Å². The van der Waals surface area contributed by atoms with Crippen molar-refractivity contribution in [2.75, 3.05) is 0 Å². The van der Waals surface area contributed by atoms with Crippen LogP contribution in [0.2, 0.25) is 0 Å². The van der Waals surface area contributed by atoms with Crippen molar-refractivity contribution in [2.45, 2.75) is 58.1 Å². The Bertz CT molecular complexity index is 604. The largest absolute Gasteiger partial charge is 0.389 e. The fourth-order valence-corrected chi connectivity index (χ4v) is 3.56. The van der Waals surface area contributed by atoms with Crippen LogP contribution in [0.3, 0.4) is 0 Å². The van der Waals surface area contributed by atoms with Gasteiger partial charge in [0.2, 0.25) is 0 Å². The summed E-state index contributed by atoms with van der Waals surface area (Å²) in [4.78, 5) is 4.77. The number of nitrogens with zero attached hydrogens (tertiary/aromatic N) is 2. The summed E-state index contributed by atoms with van der Waals surface area (Å²) < 4.78 is 2.29. The van der Waals surface area contributed by atoms with E-state index < -0.39 is 5.60 Å². The second kappa shape index (κ2) is 5.21. The Balaban J connectivity index is 1.96. The number of aliphatic hydroxyl groups is 1. The third kappa shape index (κ3) is 2.47. The monoisotopic (exact) mass is 272 g/mol. The smallest absolute Gasteiger partial charge is 0.112 e. The maximum Gasteiger partial charge on any atom is 0.112 e. The van der Waals surface area contributed by atoms with E-state index in [1.54, 1.807) is 0 Å². The Morgan fingerprint density at radius 1 is 1.40 bits per heavy atom. The first-order valence-corrected chi connectivity index (χ1v) is 7.78. The van der Waals surface area contributed by atoms with Gasteiger partial charge in [0.15, 0.2) is 0 Å². The first-order valence-electron chi connectivity index (χ1n) is 7.78. The lowest BCUT2D eigenvalue weighted by Crippen LogP contribution is -2.29. The number of rotatable bonds is 4. The molecule has 2 aromatic rings. The summed E-state index contributed by atoms with van der Waals surface area (Å²) in [7, 11) is 0. The number of aromatic nitrogens is 2. The lowest BCUT2D eigenvalue weighted by Gasteiger charge is -2.22. The van der Waals surface area contributed by atoms with E-state index in [9.17, 15) is 5.11 Å². The number of hydrogen-bond acceptors (Lipinski definition) is 2. The van der Waals surface area contributed by atoms with Gasteiger partial charge in [-0.3, -0.25) is 0 Å². The molecule has 1 aromatic carbocycles. The number of aryl methyl sites for hydroxylation is 1. The van der Waals surface area contributed by atoms with E-state index in [1.807, 2.05) is 6.07 Å². The summed E-state index contributed by atoms with van der Waals surface area (Å²) in [5.41, 5.74) is 1.69. The number of hydrogen-bond donors (Lipinski definition) is 1. The second-order valence-corrected chi connectivity index (χ2v) is 6.42. The van der Waals surface area contributed by atoms with Crippen LogP contribution in [0.1, 0.15) is 45.4 Å². The highest BCUT2D eigenvalue weighted by Gasteiger charge is 2.36. The van der Waals surface area contributed by atoms with E-state index in [2.05, 4.69) is 36.6 Å². The minimum Gasteiger partial charge on any atom is -0.389 e. The first-order chi connectivity index (χ1) is 9.61. The molecular weight excluding hydrogens is 248 g/mol. The standard InChI is InChI=1S/C17H24N2O/c1-3-10-19-15-7-5-4-6-14(15)18-16(19)12-17(20)9-8-13(2)11-17/h4-7,13,20H,3,8-12H2,1-2H3. The van der Waals surface area contributed by atoms with Crippen molar-refractivity contribution in [3.63, 3.8) is 0 Å². The molecule has 1 aromatic heterocycles. The van der Waals surface area contributed by atoms with Gasteiger partial charge in [-0.1, -0.05) is 26.0 Å². The van der Waals surface area contributed by atoms with Gasteiger partial charge in [-0.25, -0.2) is 4.98 Å². The Labute approximate surface area is 120 Å². The molecule has 1 fully saturated rings. The molecule has 1 heterocycles. The van der Waals surface area contributed by atoms with Crippen molar-refractivity contribution < 1.29 is 5.11 Å². The molecule has 3 heteroatoms. The summed E-state index contributed by atoms with van der Waals surface area (Å²) in [6.07, 6.45) is 4.71. The summed E-state index contributed by atoms with van der Waals surface area (Å²) in [6.45, 7) is 5.39. The molecular formula is C17H24N2O. The molecule has 0 radical (unpaired) electrons.